The highest BCUT2D eigenvalue weighted by Gasteiger charge is 2.15. The van der Waals surface area contributed by atoms with Crippen molar-refractivity contribution in [1.82, 2.24) is 0 Å². The van der Waals surface area contributed by atoms with Gasteiger partial charge in [-0.3, -0.25) is 4.79 Å². The van der Waals surface area contributed by atoms with Gasteiger partial charge in [-0.15, -0.1) is 18.2 Å². The molecule has 0 aromatic carbocycles. The minimum absolute atomic E-state index is 0.139. The lowest BCUT2D eigenvalue weighted by atomic mass is 10.2. The standard InChI is InChI=1S/C10H17ClO3/c1-4-5-13-7-9(6-11)14-10(12)8(2)3/h4,8-9H,1,5-7H2,2-3H3/t9-/m0/s1. The van der Waals surface area contributed by atoms with E-state index < -0.39 is 0 Å². The third-order valence-corrected chi connectivity index (χ3v) is 1.81. The molecule has 0 bridgehead atoms. The Morgan fingerprint density at radius 1 is 1.57 bits per heavy atom. The first-order chi connectivity index (χ1) is 6.61. The first kappa shape index (κ1) is 13.5. The molecule has 0 aliphatic rings. The molecule has 1 atom stereocenters. The summed E-state index contributed by atoms with van der Waals surface area (Å²) in [6.45, 7) is 7.81. The zero-order chi connectivity index (χ0) is 11.0. The minimum atomic E-state index is -0.369. The van der Waals surface area contributed by atoms with Crippen molar-refractivity contribution in [2.75, 3.05) is 19.1 Å². The number of carbonyl (C=O) groups is 1. The molecule has 0 aromatic heterocycles. The van der Waals surface area contributed by atoms with Crippen molar-refractivity contribution in [3.8, 4) is 0 Å². The summed E-state index contributed by atoms with van der Waals surface area (Å²) < 4.78 is 10.2. The largest absolute Gasteiger partial charge is 0.458 e. The number of alkyl halides is 1. The van der Waals surface area contributed by atoms with Crippen molar-refractivity contribution in [1.29, 1.82) is 0 Å². The zero-order valence-electron chi connectivity index (χ0n) is 8.66. The van der Waals surface area contributed by atoms with Crippen LogP contribution in [-0.2, 0) is 14.3 Å². The van der Waals surface area contributed by atoms with Crippen LogP contribution in [0.3, 0.4) is 0 Å². The Kier molecular flexibility index (Phi) is 7.52. The van der Waals surface area contributed by atoms with Crippen LogP contribution in [-0.4, -0.2) is 31.2 Å². The lowest BCUT2D eigenvalue weighted by molar-refractivity contribution is -0.154. The summed E-state index contributed by atoms with van der Waals surface area (Å²) in [4.78, 5) is 11.2. The third kappa shape index (κ3) is 6.00. The number of ether oxygens (including phenoxy) is 2. The SMILES string of the molecule is C=CCOC[C@H](CCl)OC(=O)C(C)C. The van der Waals surface area contributed by atoms with Gasteiger partial charge in [-0.25, -0.2) is 0 Å². The fourth-order valence-corrected chi connectivity index (χ4v) is 0.845. The van der Waals surface area contributed by atoms with Crippen LogP contribution in [0.25, 0.3) is 0 Å². The van der Waals surface area contributed by atoms with Gasteiger partial charge >= 0.3 is 5.97 Å². The van der Waals surface area contributed by atoms with E-state index in [2.05, 4.69) is 6.58 Å². The fourth-order valence-electron chi connectivity index (χ4n) is 0.693. The van der Waals surface area contributed by atoms with Crippen LogP contribution in [0, 0.1) is 5.92 Å². The molecule has 0 rings (SSSR count). The molecule has 0 saturated heterocycles. The summed E-state index contributed by atoms with van der Waals surface area (Å²) in [6.07, 6.45) is 1.27. The Bertz CT molecular complexity index is 180. The maximum Gasteiger partial charge on any atom is 0.308 e. The van der Waals surface area contributed by atoms with Crippen LogP contribution in [0.15, 0.2) is 12.7 Å². The van der Waals surface area contributed by atoms with Gasteiger partial charge in [-0.2, -0.15) is 0 Å². The topological polar surface area (TPSA) is 35.5 Å². The predicted octanol–water partition coefficient (Wildman–Crippen LogP) is 2.00. The minimum Gasteiger partial charge on any atom is -0.458 e. The van der Waals surface area contributed by atoms with E-state index in [1.807, 2.05) is 0 Å². The fraction of sp³-hybridized carbons (Fsp3) is 0.700. The average Bonchev–Trinajstić information content (AvgIpc) is 2.16. The molecule has 0 heterocycles. The van der Waals surface area contributed by atoms with Crippen molar-refractivity contribution in [3.63, 3.8) is 0 Å². The quantitative estimate of drug-likeness (QED) is 0.285. The van der Waals surface area contributed by atoms with Crippen LogP contribution in [0.2, 0.25) is 0 Å². The maximum absolute atomic E-state index is 11.2. The molecule has 14 heavy (non-hydrogen) atoms. The molecule has 0 fully saturated rings. The molecular formula is C10H17ClO3. The van der Waals surface area contributed by atoms with E-state index in [1.165, 1.54) is 0 Å². The van der Waals surface area contributed by atoms with Gasteiger partial charge in [0.1, 0.15) is 6.10 Å². The molecule has 4 heteroatoms. The molecule has 0 aliphatic heterocycles. The lowest BCUT2D eigenvalue weighted by Crippen LogP contribution is -2.27. The molecule has 0 aliphatic carbocycles. The van der Waals surface area contributed by atoms with Gasteiger partial charge in [-0.05, 0) is 0 Å². The monoisotopic (exact) mass is 220 g/mol. The van der Waals surface area contributed by atoms with Gasteiger partial charge in [0, 0.05) is 0 Å². The van der Waals surface area contributed by atoms with Crippen LogP contribution in [0.5, 0.6) is 0 Å². The molecule has 0 aromatic rings. The molecule has 0 radical (unpaired) electrons. The molecule has 0 amide bonds. The van der Waals surface area contributed by atoms with E-state index in [1.54, 1.807) is 19.9 Å². The van der Waals surface area contributed by atoms with E-state index in [9.17, 15) is 4.79 Å². The van der Waals surface area contributed by atoms with Gasteiger partial charge in [0.2, 0.25) is 0 Å². The van der Waals surface area contributed by atoms with Crippen molar-refractivity contribution in [2.24, 2.45) is 5.92 Å². The normalized spacial score (nSPS) is 12.6. The third-order valence-electron chi connectivity index (χ3n) is 1.47. The summed E-state index contributed by atoms with van der Waals surface area (Å²) in [6, 6.07) is 0. The van der Waals surface area contributed by atoms with Gasteiger partial charge in [0.15, 0.2) is 0 Å². The molecule has 0 spiro atoms. The Morgan fingerprint density at radius 2 is 2.21 bits per heavy atom. The number of rotatable bonds is 7. The van der Waals surface area contributed by atoms with Crippen LogP contribution < -0.4 is 0 Å². The van der Waals surface area contributed by atoms with E-state index in [0.717, 1.165) is 0 Å². The number of hydrogen-bond donors (Lipinski definition) is 0. The van der Waals surface area contributed by atoms with Crippen molar-refractivity contribution in [2.45, 2.75) is 20.0 Å². The summed E-state index contributed by atoms with van der Waals surface area (Å²) in [5.41, 5.74) is 0. The Labute approximate surface area is 90.0 Å². The first-order valence-electron chi connectivity index (χ1n) is 4.56. The van der Waals surface area contributed by atoms with Crippen molar-refractivity contribution >= 4 is 17.6 Å². The highest BCUT2D eigenvalue weighted by Crippen LogP contribution is 2.03. The molecular weight excluding hydrogens is 204 g/mol. The number of esters is 1. The van der Waals surface area contributed by atoms with Crippen LogP contribution in [0.1, 0.15) is 13.8 Å². The highest BCUT2D eigenvalue weighted by molar-refractivity contribution is 6.18. The Balaban J connectivity index is 3.78. The lowest BCUT2D eigenvalue weighted by Gasteiger charge is -2.16. The molecule has 0 N–H and O–H groups in total. The van der Waals surface area contributed by atoms with E-state index >= 15 is 0 Å². The number of carbonyl (C=O) groups excluding carboxylic acids is 1. The van der Waals surface area contributed by atoms with Crippen molar-refractivity contribution in [3.05, 3.63) is 12.7 Å². The van der Waals surface area contributed by atoms with E-state index in [4.69, 9.17) is 21.1 Å². The smallest absolute Gasteiger partial charge is 0.308 e. The molecule has 82 valence electrons. The Morgan fingerprint density at radius 3 is 2.64 bits per heavy atom. The Hall–Kier alpha value is -0.540. The van der Waals surface area contributed by atoms with Crippen LogP contribution in [0.4, 0.5) is 0 Å². The van der Waals surface area contributed by atoms with E-state index in [0.29, 0.717) is 13.2 Å². The maximum atomic E-state index is 11.2. The number of halogens is 1. The second-order valence-electron chi connectivity index (χ2n) is 3.19. The van der Waals surface area contributed by atoms with Crippen molar-refractivity contribution < 1.29 is 14.3 Å². The van der Waals surface area contributed by atoms with Gasteiger partial charge in [-0.1, -0.05) is 19.9 Å². The second kappa shape index (κ2) is 7.83. The summed E-state index contributed by atoms with van der Waals surface area (Å²) in [5.74, 6) is -0.145. The highest BCUT2D eigenvalue weighted by atomic mass is 35.5. The van der Waals surface area contributed by atoms with Gasteiger partial charge < -0.3 is 9.47 Å². The molecule has 0 saturated carbocycles. The summed E-state index contributed by atoms with van der Waals surface area (Å²) in [7, 11) is 0. The summed E-state index contributed by atoms with van der Waals surface area (Å²) >= 11 is 5.61. The summed E-state index contributed by atoms with van der Waals surface area (Å²) in [5, 5.41) is 0. The molecule has 0 unspecified atom stereocenters. The first-order valence-corrected chi connectivity index (χ1v) is 5.10. The van der Waals surface area contributed by atoms with Gasteiger partial charge in [0.25, 0.3) is 0 Å². The number of hydrogen-bond acceptors (Lipinski definition) is 3. The zero-order valence-corrected chi connectivity index (χ0v) is 9.42. The van der Waals surface area contributed by atoms with Crippen LogP contribution >= 0.6 is 11.6 Å². The molecule has 3 nitrogen and oxygen atoms in total. The van der Waals surface area contributed by atoms with Gasteiger partial charge in [0.05, 0.1) is 25.0 Å². The second-order valence-corrected chi connectivity index (χ2v) is 3.50. The van der Waals surface area contributed by atoms with E-state index in [-0.39, 0.29) is 23.9 Å². The predicted molar refractivity (Wildman–Crippen MR) is 56.5 cm³/mol. The average molecular weight is 221 g/mol.